The molecule has 0 amide bonds. The Morgan fingerprint density at radius 2 is 1.81 bits per heavy atom. The highest BCUT2D eigenvalue weighted by Crippen LogP contribution is 2.11. The zero-order valence-electron chi connectivity index (χ0n) is 7.89. The number of nitrogens with two attached hydrogens (primary N) is 1. The maximum Gasteiger partial charge on any atom is 0.320 e. The number of halogens is 4. The maximum absolute atomic E-state index is 12.9. The van der Waals surface area contributed by atoms with Crippen molar-refractivity contribution in [1.29, 1.82) is 0 Å². The Hall–Kier alpha value is -0.980. The average Bonchev–Trinajstić information content (AvgIpc) is 2.11. The molecule has 0 spiro atoms. The fourth-order valence-corrected chi connectivity index (χ4v) is 0.940. The molecule has 0 saturated carbocycles. The number of aromatic nitrogens is 1. The lowest BCUT2D eigenvalue weighted by Crippen LogP contribution is -2.33. The Kier molecular flexibility index (Phi) is 7.97. The van der Waals surface area contributed by atoms with Crippen molar-refractivity contribution in [3.05, 3.63) is 29.6 Å². The van der Waals surface area contributed by atoms with Crippen molar-refractivity contribution in [3.8, 4) is 0 Å². The number of aliphatic carboxylic acids is 1. The minimum absolute atomic E-state index is 0. The predicted molar refractivity (Wildman–Crippen MR) is 58.0 cm³/mol. The number of carboxylic acids is 1. The van der Waals surface area contributed by atoms with Gasteiger partial charge in [-0.3, -0.25) is 9.78 Å². The van der Waals surface area contributed by atoms with Gasteiger partial charge in [-0.15, -0.1) is 24.8 Å². The van der Waals surface area contributed by atoms with E-state index in [0.29, 0.717) is 0 Å². The van der Waals surface area contributed by atoms with Gasteiger partial charge in [-0.2, -0.15) is 0 Å². The lowest BCUT2D eigenvalue weighted by atomic mass is 10.1. The molecule has 4 nitrogen and oxygen atoms in total. The molecular weight excluding hydrogens is 265 g/mol. The highest BCUT2D eigenvalue weighted by Gasteiger charge is 2.17. The van der Waals surface area contributed by atoms with Crippen molar-refractivity contribution < 1.29 is 18.7 Å². The largest absolute Gasteiger partial charge is 0.480 e. The quantitative estimate of drug-likeness (QED) is 0.867. The lowest BCUT2D eigenvalue weighted by molar-refractivity contribution is -0.138. The number of carbonyl (C=O) groups is 1. The van der Waals surface area contributed by atoms with E-state index in [-0.39, 0.29) is 30.4 Å². The molecule has 0 aromatic carbocycles. The van der Waals surface area contributed by atoms with E-state index in [2.05, 4.69) is 4.98 Å². The molecule has 1 rings (SSSR count). The van der Waals surface area contributed by atoms with E-state index in [4.69, 9.17) is 10.8 Å². The van der Waals surface area contributed by atoms with Crippen LogP contribution in [0.3, 0.4) is 0 Å². The number of rotatable bonds is 3. The molecule has 1 unspecified atom stereocenters. The average molecular weight is 275 g/mol. The smallest absolute Gasteiger partial charge is 0.320 e. The summed E-state index contributed by atoms with van der Waals surface area (Å²) in [4.78, 5) is 13.6. The minimum Gasteiger partial charge on any atom is -0.480 e. The van der Waals surface area contributed by atoms with Crippen LogP contribution in [-0.4, -0.2) is 22.1 Å². The van der Waals surface area contributed by atoms with Gasteiger partial charge in [0.2, 0.25) is 0 Å². The normalized spacial score (nSPS) is 10.9. The molecule has 92 valence electrons. The Morgan fingerprint density at radius 1 is 1.38 bits per heavy atom. The van der Waals surface area contributed by atoms with Gasteiger partial charge in [0.1, 0.15) is 17.7 Å². The standard InChI is InChI=1S/C8H8F2N2O2.2ClH/c9-5-2-12-3-6(10)4(5)1-7(11)8(13)14;;/h2-3,7H,1,11H2,(H,13,14);2*1H. The van der Waals surface area contributed by atoms with Crippen molar-refractivity contribution in [1.82, 2.24) is 4.98 Å². The van der Waals surface area contributed by atoms with Crippen LogP contribution in [0.5, 0.6) is 0 Å². The van der Waals surface area contributed by atoms with Crippen LogP contribution < -0.4 is 5.73 Å². The molecule has 1 aromatic heterocycles. The first-order valence-corrected chi connectivity index (χ1v) is 3.78. The van der Waals surface area contributed by atoms with Gasteiger partial charge in [-0.05, 0) is 0 Å². The molecule has 1 heterocycles. The van der Waals surface area contributed by atoms with E-state index in [9.17, 15) is 13.6 Å². The van der Waals surface area contributed by atoms with Crippen LogP contribution in [0.1, 0.15) is 5.56 Å². The summed E-state index contributed by atoms with van der Waals surface area (Å²) in [5.74, 6) is -3.08. The SMILES string of the molecule is Cl.Cl.NC(Cc1c(F)cncc1F)C(=O)O. The van der Waals surface area contributed by atoms with E-state index in [1.165, 1.54) is 0 Å². The molecule has 0 bridgehead atoms. The molecule has 16 heavy (non-hydrogen) atoms. The van der Waals surface area contributed by atoms with Crippen LogP contribution in [0, 0.1) is 11.6 Å². The number of pyridine rings is 1. The van der Waals surface area contributed by atoms with E-state index in [1.54, 1.807) is 0 Å². The van der Waals surface area contributed by atoms with E-state index < -0.39 is 30.1 Å². The third-order valence-corrected chi connectivity index (χ3v) is 1.69. The van der Waals surface area contributed by atoms with Gasteiger partial charge in [0, 0.05) is 12.0 Å². The highest BCUT2D eigenvalue weighted by atomic mass is 35.5. The lowest BCUT2D eigenvalue weighted by Gasteiger charge is -2.07. The van der Waals surface area contributed by atoms with Crippen molar-refractivity contribution in [2.75, 3.05) is 0 Å². The highest BCUT2D eigenvalue weighted by molar-refractivity contribution is 5.85. The van der Waals surface area contributed by atoms with Crippen LogP contribution in [-0.2, 0) is 11.2 Å². The van der Waals surface area contributed by atoms with Crippen molar-refractivity contribution in [2.45, 2.75) is 12.5 Å². The van der Waals surface area contributed by atoms with E-state index in [0.717, 1.165) is 12.4 Å². The predicted octanol–water partition coefficient (Wildman–Crippen LogP) is 1.16. The molecule has 0 fully saturated rings. The Morgan fingerprint density at radius 3 is 2.19 bits per heavy atom. The molecule has 0 radical (unpaired) electrons. The van der Waals surface area contributed by atoms with Crippen LogP contribution >= 0.6 is 24.8 Å². The molecule has 0 aliphatic heterocycles. The fourth-order valence-electron chi connectivity index (χ4n) is 0.940. The molecule has 8 heteroatoms. The van der Waals surface area contributed by atoms with Gasteiger partial charge in [0.15, 0.2) is 0 Å². The maximum atomic E-state index is 12.9. The van der Waals surface area contributed by atoms with E-state index >= 15 is 0 Å². The zero-order chi connectivity index (χ0) is 10.7. The van der Waals surface area contributed by atoms with Gasteiger partial charge in [-0.25, -0.2) is 8.78 Å². The first kappa shape index (κ1) is 17.4. The summed E-state index contributed by atoms with van der Waals surface area (Å²) in [7, 11) is 0. The zero-order valence-corrected chi connectivity index (χ0v) is 9.52. The molecule has 0 saturated heterocycles. The summed E-state index contributed by atoms with van der Waals surface area (Å²) < 4.78 is 25.8. The fraction of sp³-hybridized carbons (Fsp3) is 0.250. The van der Waals surface area contributed by atoms with Crippen LogP contribution in [0.25, 0.3) is 0 Å². The Balaban J connectivity index is 0. The van der Waals surface area contributed by atoms with Gasteiger partial charge in [-0.1, -0.05) is 0 Å². The second-order valence-electron chi connectivity index (χ2n) is 2.73. The molecular formula is C8H10Cl2F2N2O2. The summed E-state index contributed by atoms with van der Waals surface area (Å²) in [5, 5.41) is 8.44. The first-order chi connectivity index (χ1) is 6.52. The molecule has 0 aliphatic rings. The second-order valence-corrected chi connectivity index (χ2v) is 2.73. The summed E-state index contributed by atoms with van der Waals surface area (Å²) in [6, 6.07) is -1.32. The van der Waals surface area contributed by atoms with Crippen LogP contribution in [0.2, 0.25) is 0 Å². The van der Waals surface area contributed by atoms with Crippen molar-refractivity contribution >= 4 is 30.8 Å². The number of carboxylic acid groups (broad SMARTS) is 1. The third kappa shape index (κ3) is 4.26. The van der Waals surface area contributed by atoms with Crippen LogP contribution in [0.15, 0.2) is 12.4 Å². The Labute approximate surface area is 103 Å². The van der Waals surface area contributed by atoms with Crippen molar-refractivity contribution in [2.24, 2.45) is 5.73 Å². The number of nitrogens with zero attached hydrogens (tertiary/aromatic N) is 1. The van der Waals surface area contributed by atoms with Gasteiger partial charge < -0.3 is 10.8 Å². The molecule has 1 atom stereocenters. The monoisotopic (exact) mass is 274 g/mol. The summed E-state index contributed by atoms with van der Waals surface area (Å²) in [6.45, 7) is 0. The summed E-state index contributed by atoms with van der Waals surface area (Å²) in [5.41, 5.74) is 4.78. The second kappa shape index (κ2) is 7.32. The minimum atomic E-state index is -1.32. The van der Waals surface area contributed by atoms with Crippen LogP contribution in [0.4, 0.5) is 8.78 Å². The van der Waals surface area contributed by atoms with Gasteiger partial charge in [0.25, 0.3) is 0 Å². The Bertz CT molecular complexity index is 346. The number of hydrogen-bond donors (Lipinski definition) is 2. The molecule has 1 aromatic rings. The first-order valence-electron chi connectivity index (χ1n) is 3.78. The molecule has 0 aliphatic carbocycles. The molecule has 3 N–H and O–H groups in total. The van der Waals surface area contributed by atoms with Gasteiger partial charge >= 0.3 is 5.97 Å². The number of hydrogen-bond acceptors (Lipinski definition) is 3. The van der Waals surface area contributed by atoms with E-state index in [1.807, 2.05) is 0 Å². The topological polar surface area (TPSA) is 76.2 Å². The third-order valence-electron chi connectivity index (χ3n) is 1.69. The van der Waals surface area contributed by atoms with Crippen molar-refractivity contribution in [3.63, 3.8) is 0 Å². The van der Waals surface area contributed by atoms with Gasteiger partial charge in [0.05, 0.1) is 12.4 Å². The summed E-state index contributed by atoms with van der Waals surface area (Å²) in [6.07, 6.45) is 1.23. The summed E-state index contributed by atoms with van der Waals surface area (Å²) >= 11 is 0.